The van der Waals surface area contributed by atoms with Crippen molar-refractivity contribution in [1.29, 1.82) is 0 Å². The summed E-state index contributed by atoms with van der Waals surface area (Å²) in [5, 5.41) is 6.99. The number of aromatic nitrogens is 3. The Hall–Kier alpha value is -3.22. The standard InChI is InChI=1S/C21H24N4O3/c1-13(2)9-24-21(26)17-7-8-19(23-11-17)27-12-18-15(4)28-25-20(18)16-6-5-14(3)22-10-16/h5-8,10-11,13H,9,12H2,1-4H3,(H,24,26). The third kappa shape index (κ3) is 4.73. The molecular weight excluding hydrogens is 356 g/mol. The quantitative estimate of drug-likeness (QED) is 0.672. The van der Waals surface area contributed by atoms with E-state index in [1.165, 1.54) is 6.20 Å². The summed E-state index contributed by atoms with van der Waals surface area (Å²) >= 11 is 0. The number of nitrogens with one attached hydrogen (secondary N) is 1. The summed E-state index contributed by atoms with van der Waals surface area (Å²) in [7, 11) is 0. The van der Waals surface area contributed by atoms with Crippen LogP contribution in [0.5, 0.6) is 5.88 Å². The van der Waals surface area contributed by atoms with E-state index in [0.29, 0.717) is 35.4 Å². The second kappa shape index (κ2) is 8.65. The lowest BCUT2D eigenvalue weighted by Gasteiger charge is -2.09. The molecule has 0 saturated heterocycles. The molecule has 146 valence electrons. The van der Waals surface area contributed by atoms with Crippen LogP contribution in [-0.4, -0.2) is 27.6 Å². The summed E-state index contributed by atoms with van der Waals surface area (Å²) in [6.45, 7) is 8.74. The molecule has 3 heterocycles. The van der Waals surface area contributed by atoms with Gasteiger partial charge in [-0.25, -0.2) is 4.98 Å². The molecule has 1 amide bonds. The van der Waals surface area contributed by atoms with E-state index in [2.05, 4.69) is 20.4 Å². The van der Waals surface area contributed by atoms with Gasteiger partial charge in [0.15, 0.2) is 0 Å². The predicted octanol–water partition coefficient (Wildman–Crippen LogP) is 3.71. The molecule has 3 aromatic heterocycles. The van der Waals surface area contributed by atoms with Gasteiger partial charge in [-0.15, -0.1) is 0 Å². The Bertz CT molecular complexity index is 931. The molecule has 28 heavy (non-hydrogen) atoms. The Balaban J connectivity index is 1.67. The van der Waals surface area contributed by atoms with E-state index in [9.17, 15) is 4.79 Å². The third-order valence-electron chi connectivity index (χ3n) is 4.20. The van der Waals surface area contributed by atoms with Crippen LogP contribution in [0.2, 0.25) is 0 Å². The zero-order chi connectivity index (χ0) is 20.1. The first kappa shape index (κ1) is 19.5. The Kier molecular flexibility index (Phi) is 6.03. The lowest BCUT2D eigenvalue weighted by atomic mass is 10.1. The molecular formula is C21H24N4O3. The van der Waals surface area contributed by atoms with Crippen molar-refractivity contribution in [3.05, 3.63) is 59.2 Å². The maximum absolute atomic E-state index is 12.1. The summed E-state index contributed by atoms with van der Waals surface area (Å²) < 4.78 is 11.1. The smallest absolute Gasteiger partial charge is 0.252 e. The van der Waals surface area contributed by atoms with E-state index >= 15 is 0 Å². The zero-order valence-corrected chi connectivity index (χ0v) is 16.5. The normalized spacial score (nSPS) is 10.9. The first-order valence-electron chi connectivity index (χ1n) is 9.19. The lowest BCUT2D eigenvalue weighted by Crippen LogP contribution is -2.27. The van der Waals surface area contributed by atoms with Crippen molar-refractivity contribution < 1.29 is 14.1 Å². The zero-order valence-electron chi connectivity index (χ0n) is 16.5. The minimum Gasteiger partial charge on any atom is -0.473 e. The number of amides is 1. The molecule has 0 saturated carbocycles. The highest BCUT2D eigenvalue weighted by molar-refractivity contribution is 5.93. The maximum atomic E-state index is 12.1. The highest BCUT2D eigenvalue weighted by Gasteiger charge is 2.16. The average Bonchev–Trinajstić information content (AvgIpc) is 3.06. The van der Waals surface area contributed by atoms with E-state index in [-0.39, 0.29) is 12.5 Å². The number of hydrogen-bond donors (Lipinski definition) is 1. The molecule has 0 aliphatic heterocycles. The van der Waals surface area contributed by atoms with E-state index in [0.717, 1.165) is 16.8 Å². The minimum atomic E-state index is -0.142. The number of pyridine rings is 2. The van der Waals surface area contributed by atoms with Gasteiger partial charge in [0.25, 0.3) is 5.91 Å². The van der Waals surface area contributed by atoms with Gasteiger partial charge >= 0.3 is 0 Å². The van der Waals surface area contributed by atoms with Crippen LogP contribution in [0.15, 0.2) is 41.2 Å². The van der Waals surface area contributed by atoms with E-state index in [4.69, 9.17) is 9.26 Å². The summed E-state index contributed by atoms with van der Waals surface area (Å²) in [6.07, 6.45) is 3.27. The Labute approximate surface area is 164 Å². The number of rotatable bonds is 7. The van der Waals surface area contributed by atoms with E-state index < -0.39 is 0 Å². The first-order chi connectivity index (χ1) is 13.4. The van der Waals surface area contributed by atoms with Gasteiger partial charge in [-0.05, 0) is 38.0 Å². The third-order valence-corrected chi connectivity index (χ3v) is 4.20. The lowest BCUT2D eigenvalue weighted by molar-refractivity contribution is 0.0948. The summed E-state index contributed by atoms with van der Waals surface area (Å²) in [4.78, 5) is 20.6. The summed E-state index contributed by atoms with van der Waals surface area (Å²) in [5.41, 5.74) is 3.84. The van der Waals surface area contributed by atoms with Gasteiger partial charge in [-0.2, -0.15) is 0 Å². The summed E-state index contributed by atoms with van der Waals surface area (Å²) in [5.74, 6) is 1.36. The van der Waals surface area contributed by atoms with Gasteiger partial charge in [0.2, 0.25) is 5.88 Å². The highest BCUT2D eigenvalue weighted by atomic mass is 16.5. The number of carbonyl (C=O) groups excluding carboxylic acids is 1. The van der Waals surface area contributed by atoms with Crippen molar-refractivity contribution in [1.82, 2.24) is 20.4 Å². The van der Waals surface area contributed by atoms with Crippen molar-refractivity contribution in [2.45, 2.75) is 34.3 Å². The fourth-order valence-corrected chi connectivity index (χ4v) is 2.54. The van der Waals surface area contributed by atoms with Crippen molar-refractivity contribution >= 4 is 5.91 Å². The fourth-order valence-electron chi connectivity index (χ4n) is 2.54. The molecule has 0 atom stereocenters. The number of ether oxygens (including phenoxy) is 1. The molecule has 0 aliphatic rings. The monoisotopic (exact) mass is 380 g/mol. The second-order valence-electron chi connectivity index (χ2n) is 7.03. The largest absolute Gasteiger partial charge is 0.473 e. The van der Waals surface area contributed by atoms with E-state index in [1.807, 2.05) is 39.8 Å². The van der Waals surface area contributed by atoms with E-state index in [1.54, 1.807) is 18.3 Å². The van der Waals surface area contributed by atoms with Crippen LogP contribution >= 0.6 is 0 Å². The molecule has 7 heteroatoms. The molecule has 0 spiro atoms. The minimum absolute atomic E-state index is 0.142. The highest BCUT2D eigenvalue weighted by Crippen LogP contribution is 2.26. The molecule has 3 rings (SSSR count). The average molecular weight is 380 g/mol. The van der Waals surface area contributed by atoms with Crippen LogP contribution < -0.4 is 10.1 Å². The number of aryl methyl sites for hydroxylation is 2. The number of nitrogens with zero attached hydrogens (tertiary/aromatic N) is 3. The summed E-state index contributed by atoms with van der Waals surface area (Å²) in [6, 6.07) is 7.25. The molecule has 0 fully saturated rings. The predicted molar refractivity (Wildman–Crippen MR) is 105 cm³/mol. The molecule has 0 aromatic carbocycles. The van der Waals surface area contributed by atoms with Crippen LogP contribution in [0, 0.1) is 19.8 Å². The van der Waals surface area contributed by atoms with Gasteiger partial charge in [0, 0.05) is 36.3 Å². The van der Waals surface area contributed by atoms with Crippen LogP contribution in [0.4, 0.5) is 0 Å². The van der Waals surface area contributed by atoms with Gasteiger partial charge in [-0.3, -0.25) is 9.78 Å². The maximum Gasteiger partial charge on any atom is 0.252 e. The molecule has 0 aliphatic carbocycles. The van der Waals surface area contributed by atoms with Gasteiger partial charge in [0.05, 0.1) is 11.1 Å². The Morgan fingerprint density at radius 2 is 1.96 bits per heavy atom. The topological polar surface area (TPSA) is 90.1 Å². The van der Waals surface area contributed by atoms with Crippen molar-refractivity contribution in [2.24, 2.45) is 5.92 Å². The van der Waals surface area contributed by atoms with Crippen LogP contribution in [0.1, 0.15) is 41.2 Å². The van der Waals surface area contributed by atoms with Gasteiger partial charge in [-0.1, -0.05) is 19.0 Å². The molecule has 0 bridgehead atoms. The van der Waals surface area contributed by atoms with Crippen molar-refractivity contribution in [3.63, 3.8) is 0 Å². The van der Waals surface area contributed by atoms with Crippen molar-refractivity contribution in [3.8, 4) is 17.1 Å². The molecule has 7 nitrogen and oxygen atoms in total. The Morgan fingerprint density at radius 3 is 2.61 bits per heavy atom. The van der Waals surface area contributed by atoms with Crippen LogP contribution in [0.3, 0.4) is 0 Å². The Morgan fingerprint density at radius 1 is 1.14 bits per heavy atom. The fraction of sp³-hybridized carbons (Fsp3) is 0.333. The molecule has 0 radical (unpaired) electrons. The molecule has 0 unspecified atom stereocenters. The van der Waals surface area contributed by atoms with Crippen molar-refractivity contribution in [2.75, 3.05) is 6.54 Å². The van der Waals surface area contributed by atoms with Crippen LogP contribution in [0.25, 0.3) is 11.3 Å². The number of hydrogen-bond acceptors (Lipinski definition) is 6. The second-order valence-corrected chi connectivity index (χ2v) is 7.03. The number of carbonyl (C=O) groups is 1. The SMILES string of the molecule is Cc1ccc(-c2noc(C)c2COc2ccc(C(=O)NCC(C)C)cn2)cn1. The first-order valence-corrected chi connectivity index (χ1v) is 9.19. The van der Waals surface area contributed by atoms with Gasteiger partial charge < -0.3 is 14.6 Å². The molecule has 3 aromatic rings. The van der Waals surface area contributed by atoms with Crippen LogP contribution in [-0.2, 0) is 6.61 Å². The molecule has 1 N–H and O–H groups in total. The van der Waals surface area contributed by atoms with Gasteiger partial charge in [0.1, 0.15) is 18.1 Å².